The van der Waals surface area contributed by atoms with E-state index in [-0.39, 0.29) is 12.6 Å². The van der Waals surface area contributed by atoms with Crippen LogP contribution >= 0.6 is 0 Å². The first kappa shape index (κ1) is 16.6. The zero-order valence-electron chi connectivity index (χ0n) is 14.4. The third kappa shape index (κ3) is 3.86. The fraction of sp³-hybridized carbons (Fsp3) is 0.429. The molecule has 0 spiro atoms. The molecule has 0 aliphatic carbocycles. The molecule has 0 amide bonds. The molecular formula is C21H24FNO2. The molecule has 0 N–H and O–H groups in total. The van der Waals surface area contributed by atoms with Gasteiger partial charge in [-0.2, -0.15) is 0 Å². The lowest BCUT2D eigenvalue weighted by molar-refractivity contribution is -0.0177. The van der Waals surface area contributed by atoms with E-state index in [2.05, 4.69) is 35.2 Å². The molecule has 0 saturated carbocycles. The molecule has 2 aliphatic rings. The Morgan fingerprint density at radius 1 is 1.16 bits per heavy atom. The molecule has 2 heterocycles. The number of ether oxygens (including phenoxy) is 2. The minimum absolute atomic E-state index is 0.206. The van der Waals surface area contributed by atoms with Crippen LogP contribution in [0.2, 0.25) is 0 Å². The van der Waals surface area contributed by atoms with Crippen molar-refractivity contribution < 1.29 is 13.9 Å². The van der Waals surface area contributed by atoms with Crippen LogP contribution in [0.1, 0.15) is 36.0 Å². The van der Waals surface area contributed by atoms with Gasteiger partial charge in [0.05, 0.1) is 6.61 Å². The number of hydrogen-bond donors (Lipinski definition) is 0. The van der Waals surface area contributed by atoms with E-state index in [1.54, 1.807) is 6.07 Å². The second-order valence-corrected chi connectivity index (χ2v) is 6.95. The average molecular weight is 341 g/mol. The van der Waals surface area contributed by atoms with Crippen LogP contribution in [0.3, 0.4) is 0 Å². The van der Waals surface area contributed by atoms with Crippen LogP contribution in [-0.4, -0.2) is 24.3 Å². The maximum absolute atomic E-state index is 14.0. The van der Waals surface area contributed by atoms with Crippen LogP contribution in [0, 0.1) is 5.82 Å². The Balaban J connectivity index is 1.45. The largest absolute Gasteiger partial charge is 0.467 e. The Bertz CT molecular complexity index is 719. The van der Waals surface area contributed by atoms with Crippen LogP contribution in [0.15, 0.2) is 42.5 Å². The summed E-state index contributed by atoms with van der Waals surface area (Å²) in [5.41, 5.74) is 3.16. The van der Waals surface area contributed by atoms with Crippen molar-refractivity contribution in [2.75, 3.05) is 13.3 Å². The second-order valence-electron chi connectivity index (χ2n) is 6.95. The van der Waals surface area contributed by atoms with Crippen LogP contribution in [0.5, 0.6) is 5.75 Å². The van der Waals surface area contributed by atoms with Gasteiger partial charge in [0.25, 0.3) is 0 Å². The topological polar surface area (TPSA) is 21.7 Å². The molecule has 0 unspecified atom stereocenters. The third-order valence-electron chi connectivity index (χ3n) is 5.23. The van der Waals surface area contributed by atoms with E-state index < -0.39 is 0 Å². The number of aryl methyl sites for hydroxylation is 1. The summed E-state index contributed by atoms with van der Waals surface area (Å²) in [4.78, 5) is 2.48. The van der Waals surface area contributed by atoms with Crippen molar-refractivity contribution >= 4 is 0 Å². The monoisotopic (exact) mass is 341 g/mol. The molecule has 1 atom stereocenters. The molecule has 25 heavy (non-hydrogen) atoms. The second kappa shape index (κ2) is 7.54. The smallest absolute Gasteiger partial charge is 0.189 e. The van der Waals surface area contributed by atoms with Crippen molar-refractivity contribution in [2.24, 2.45) is 0 Å². The summed E-state index contributed by atoms with van der Waals surface area (Å²) in [6.45, 7) is 2.50. The predicted molar refractivity (Wildman–Crippen MR) is 94.9 cm³/mol. The summed E-state index contributed by atoms with van der Waals surface area (Å²) in [7, 11) is 0. The summed E-state index contributed by atoms with van der Waals surface area (Å²) < 4.78 is 24.9. The van der Waals surface area contributed by atoms with Gasteiger partial charge in [-0.3, -0.25) is 4.90 Å². The molecule has 2 aromatic rings. The fourth-order valence-corrected chi connectivity index (χ4v) is 4.00. The molecular weight excluding hydrogens is 317 g/mol. The van der Waals surface area contributed by atoms with Gasteiger partial charge in [-0.1, -0.05) is 30.3 Å². The highest BCUT2D eigenvalue weighted by atomic mass is 19.1. The number of rotatable bonds is 5. The quantitative estimate of drug-likeness (QED) is 0.810. The molecule has 132 valence electrons. The van der Waals surface area contributed by atoms with Crippen molar-refractivity contribution in [2.45, 2.75) is 44.9 Å². The Morgan fingerprint density at radius 2 is 2.04 bits per heavy atom. The van der Waals surface area contributed by atoms with Gasteiger partial charge in [0.15, 0.2) is 6.79 Å². The molecule has 1 fully saturated rings. The lowest BCUT2D eigenvalue weighted by Gasteiger charge is -2.27. The standard InChI is InChI=1S/C21H24FNO2/c22-19-11-17(21-18(12-19)14-24-15-25-21)13-23-10-4-7-20(23)9-8-16-5-2-1-3-6-16/h1-3,5-6,11-12,20H,4,7-10,13-15H2/t20-/m1/s1. The first-order chi connectivity index (χ1) is 12.3. The Kier molecular flexibility index (Phi) is 4.99. The lowest BCUT2D eigenvalue weighted by Crippen LogP contribution is -2.30. The van der Waals surface area contributed by atoms with Gasteiger partial charge >= 0.3 is 0 Å². The van der Waals surface area contributed by atoms with E-state index in [1.165, 1.54) is 24.5 Å². The number of nitrogens with zero attached hydrogens (tertiary/aromatic N) is 1. The van der Waals surface area contributed by atoms with Crippen LogP contribution < -0.4 is 4.74 Å². The van der Waals surface area contributed by atoms with Crippen molar-refractivity contribution in [3.05, 3.63) is 65.0 Å². The van der Waals surface area contributed by atoms with E-state index in [0.29, 0.717) is 12.6 Å². The molecule has 2 aliphatic heterocycles. The third-order valence-corrected chi connectivity index (χ3v) is 5.23. The van der Waals surface area contributed by atoms with E-state index >= 15 is 0 Å². The summed E-state index contributed by atoms with van der Waals surface area (Å²) in [5, 5.41) is 0. The van der Waals surface area contributed by atoms with Gasteiger partial charge in [0, 0.05) is 23.7 Å². The van der Waals surface area contributed by atoms with Gasteiger partial charge in [-0.15, -0.1) is 0 Å². The van der Waals surface area contributed by atoms with Gasteiger partial charge in [0.2, 0.25) is 0 Å². The first-order valence-corrected chi connectivity index (χ1v) is 9.09. The van der Waals surface area contributed by atoms with E-state index in [9.17, 15) is 4.39 Å². The van der Waals surface area contributed by atoms with Gasteiger partial charge in [-0.25, -0.2) is 4.39 Å². The zero-order chi connectivity index (χ0) is 17.1. The lowest BCUT2D eigenvalue weighted by atomic mass is 10.0. The number of likely N-dealkylation sites (tertiary alicyclic amines) is 1. The van der Waals surface area contributed by atoms with E-state index in [1.807, 2.05) is 0 Å². The van der Waals surface area contributed by atoms with Gasteiger partial charge in [0.1, 0.15) is 11.6 Å². The summed E-state index contributed by atoms with van der Waals surface area (Å²) >= 11 is 0. The zero-order valence-corrected chi connectivity index (χ0v) is 14.4. The van der Waals surface area contributed by atoms with Crippen LogP contribution in [0.25, 0.3) is 0 Å². The van der Waals surface area contributed by atoms with Crippen molar-refractivity contribution in [1.29, 1.82) is 0 Å². The summed E-state index contributed by atoms with van der Waals surface area (Å²) in [5.74, 6) is 0.615. The number of benzene rings is 2. The average Bonchev–Trinajstić information content (AvgIpc) is 3.08. The number of halogens is 1. The highest BCUT2D eigenvalue weighted by Gasteiger charge is 2.26. The minimum Gasteiger partial charge on any atom is -0.467 e. The molecule has 4 heteroatoms. The maximum Gasteiger partial charge on any atom is 0.189 e. The van der Waals surface area contributed by atoms with Gasteiger partial charge in [-0.05, 0) is 49.9 Å². The normalized spacial score (nSPS) is 20.3. The Labute approximate surface area is 148 Å². The Hall–Kier alpha value is -1.91. The first-order valence-electron chi connectivity index (χ1n) is 9.09. The Morgan fingerprint density at radius 3 is 2.92 bits per heavy atom. The number of fused-ring (bicyclic) bond motifs is 1. The van der Waals surface area contributed by atoms with E-state index in [4.69, 9.17) is 9.47 Å². The fourth-order valence-electron chi connectivity index (χ4n) is 4.00. The minimum atomic E-state index is -0.206. The SMILES string of the molecule is Fc1cc2c(c(CN3CCC[C@@H]3CCc3ccccc3)c1)OCOC2. The highest BCUT2D eigenvalue weighted by Crippen LogP contribution is 2.32. The maximum atomic E-state index is 14.0. The molecule has 4 rings (SSSR count). The van der Waals surface area contributed by atoms with E-state index in [0.717, 1.165) is 42.8 Å². The summed E-state index contributed by atoms with van der Waals surface area (Å²) in [6.07, 6.45) is 4.66. The molecule has 0 bridgehead atoms. The van der Waals surface area contributed by atoms with Crippen molar-refractivity contribution in [3.63, 3.8) is 0 Å². The molecule has 0 radical (unpaired) electrons. The van der Waals surface area contributed by atoms with Crippen LogP contribution in [0.4, 0.5) is 4.39 Å². The van der Waals surface area contributed by atoms with Crippen LogP contribution in [-0.2, 0) is 24.3 Å². The van der Waals surface area contributed by atoms with Crippen molar-refractivity contribution in [3.8, 4) is 5.75 Å². The summed E-state index contributed by atoms with van der Waals surface area (Å²) in [6, 6.07) is 14.3. The highest BCUT2D eigenvalue weighted by molar-refractivity contribution is 5.42. The van der Waals surface area contributed by atoms with Crippen molar-refractivity contribution in [1.82, 2.24) is 4.90 Å². The molecule has 3 nitrogen and oxygen atoms in total. The number of hydrogen-bond acceptors (Lipinski definition) is 3. The van der Waals surface area contributed by atoms with Gasteiger partial charge < -0.3 is 9.47 Å². The molecule has 1 saturated heterocycles. The molecule has 2 aromatic carbocycles. The molecule has 0 aromatic heterocycles. The predicted octanol–water partition coefficient (Wildman–Crippen LogP) is 4.29.